The van der Waals surface area contributed by atoms with Gasteiger partial charge in [-0.15, -0.1) is 0 Å². The zero-order chi connectivity index (χ0) is 14.4. The maximum absolute atomic E-state index is 9.13. The summed E-state index contributed by atoms with van der Waals surface area (Å²) in [4.78, 5) is 0. The van der Waals surface area contributed by atoms with Crippen molar-refractivity contribution in [3.05, 3.63) is 59.2 Å². The van der Waals surface area contributed by atoms with Gasteiger partial charge in [-0.2, -0.15) is 5.26 Å². The molecule has 4 heteroatoms. The lowest BCUT2D eigenvalue weighted by atomic mass is 10.1. The average molecular weight is 267 g/mol. The molecule has 20 heavy (non-hydrogen) atoms. The molecule has 0 fully saturated rings. The SMILES string of the molecule is COc1ccc(C#N)c(NCc2ccccc2CN)c1. The van der Waals surface area contributed by atoms with Crippen LogP contribution in [0.15, 0.2) is 42.5 Å². The third-order valence-electron chi connectivity index (χ3n) is 3.15. The topological polar surface area (TPSA) is 71.1 Å². The third kappa shape index (κ3) is 3.08. The molecule has 2 aromatic carbocycles. The van der Waals surface area contributed by atoms with Crippen molar-refractivity contribution in [2.75, 3.05) is 12.4 Å². The van der Waals surface area contributed by atoms with Gasteiger partial charge in [-0.3, -0.25) is 0 Å². The summed E-state index contributed by atoms with van der Waals surface area (Å²) < 4.78 is 5.18. The van der Waals surface area contributed by atoms with Crippen LogP contribution in [0.25, 0.3) is 0 Å². The summed E-state index contributed by atoms with van der Waals surface area (Å²) in [5.74, 6) is 0.721. The molecule has 0 unspecified atom stereocenters. The van der Waals surface area contributed by atoms with E-state index in [1.54, 1.807) is 19.2 Å². The van der Waals surface area contributed by atoms with Crippen molar-refractivity contribution in [1.29, 1.82) is 5.26 Å². The van der Waals surface area contributed by atoms with Crippen molar-refractivity contribution < 1.29 is 4.74 Å². The van der Waals surface area contributed by atoms with Crippen LogP contribution < -0.4 is 15.8 Å². The fraction of sp³-hybridized carbons (Fsp3) is 0.188. The molecule has 0 saturated heterocycles. The number of hydrogen-bond acceptors (Lipinski definition) is 4. The Morgan fingerprint density at radius 1 is 1.20 bits per heavy atom. The Bertz CT molecular complexity index is 632. The van der Waals surface area contributed by atoms with Crippen molar-refractivity contribution in [3.63, 3.8) is 0 Å². The first-order valence-corrected chi connectivity index (χ1v) is 6.37. The molecule has 2 aromatic rings. The lowest BCUT2D eigenvalue weighted by molar-refractivity contribution is 0.415. The molecule has 0 saturated carbocycles. The summed E-state index contributed by atoms with van der Waals surface area (Å²) in [6.45, 7) is 1.12. The summed E-state index contributed by atoms with van der Waals surface area (Å²) in [6.07, 6.45) is 0. The maximum Gasteiger partial charge on any atom is 0.121 e. The van der Waals surface area contributed by atoms with Gasteiger partial charge in [-0.1, -0.05) is 24.3 Å². The van der Waals surface area contributed by atoms with E-state index < -0.39 is 0 Å². The van der Waals surface area contributed by atoms with Crippen LogP contribution in [0.1, 0.15) is 16.7 Å². The van der Waals surface area contributed by atoms with Crippen LogP contribution in [-0.4, -0.2) is 7.11 Å². The lowest BCUT2D eigenvalue weighted by Crippen LogP contribution is -2.07. The molecule has 0 spiro atoms. The Labute approximate surface area is 118 Å². The van der Waals surface area contributed by atoms with Crippen LogP contribution in [0.5, 0.6) is 5.75 Å². The summed E-state index contributed by atoms with van der Waals surface area (Å²) >= 11 is 0. The molecule has 0 radical (unpaired) electrons. The van der Waals surface area contributed by atoms with E-state index in [1.807, 2.05) is 30.3 Å². The first-order valence-electron chi connectivity index (χ1n) is 6.37. The number of nitrogens with one attached hydrogen (secondary N) is 1. The largest absolute Gasteiger partial charge is 0.497 e. The van der Waals surface area contributed by atoms with Crippen LogP contribution in [0, 0.1) is 11.3 Å². The maximum atomic E-state index is 9.13. The highest BCUT2D eigenvalue weighted by atomic mass is 16.5. The van der Waals surface area contributed by atoms with Gasteiger partial charge in [0.15, 0.2) is 0 Å². The number of rotatable bonds is 5. The number of benzene rings is 2. The Morgan fingerprint density at radius 3 is 2.60 bits per heavy atom. The van der Waals surface area contributed by atoms with Crippen molar-refractivity contribution in [3.8, 4) is 11.8 Å². The van der Waals surface area contributed by atoms with Gasteiger partial charge in [0.1, 0.15) is 11.8 Å². The molecule has 0 aliphatic rings. The molecule has 4 nitrogen and oxygen atoms in total. The van der Waals surface area contributed by atoms with Gasteiger partial charge in [0.05, 0.1) is 18.4 Å². The number of ether oxygens (including phenoxy) is 1. The molecule has 0 aliphatic carbocycles. The predicted octanol–water partition coefficient (Wildman–Crippen LogP) is 2.64. The normalized spacial score (nSPS) is 9.85. The molecule has 2 rings (SSSR count). The minimum Gasteiger partial charge on any atom is -0.497 e. The van der Waals surface area contributed by atoms with Gasteiger partial charge in [0, 0.05) is 19.2 Å². The van der Waals surface area contributed by atoms with Gasteiger partial charge in [0.25, 0.3) is 0 Å². The third-order valence-corrected chi connectivity index (χ3v) is 3.15. The quantitative estimate of drug-likeness (QED) is 0.873. The molecule has 3 N–H and O–H groups in total. The van der Waals surface area contributed by atoms with Gasteiger partial charge >= 0.3 is 0 Å². The van der Waals surface area contributed by atoms with E-state index in [9.17, 15) is 0 Å². The van der Waals surface area contributed by atoms with Gasteiger partial charge in [-0.05, 0) is 23.3 Å². The fourth-order valence-electron chi connectivity index (χ4n) is 2.01. The number of nitrogens with zero attached hydrogens (tertiary/aromatic N) is 1. The van der Waals surface area contributed by atoms with E-state index in [4.69, 9.17) is 15.7 Å². The van der Waals surface area contributed by atoms with E-state index in [0.29, 0.717) is 18.7 Å². The Morgan fingerprint density at radius 2 is 1.95 bits per heavy atom. The molecule has 0 aromatic heterocycles. The number of methoxy groups -OCH3 is 1. The molecule has 102 valence electrons. The molecule has 0 amide bonds. The minimum absolute atomic E-state index is 0.501. The van der Waals surface area contributed by atoms with Crippen LogP contribution in [-0.2, 0) is 13.1 Å². The van der Waals surface area contributed by atoms with Crippen molar-refractivity contribution in [2.24, 2.45) is 5.73 Å². The number of nitrogens with two attached hydrogens (primary N) is 1. The van der Waals surface area contributed by atoms with Crippen LogP contribution >= 0.6 is 0 Å². The number of hydrogen-bond donors (Lipinski definition) is 2. The lowest BCUT2D eigenvalue weighted by Gasteiger charge is -2.12. The van der Waals surface area contributed by atoms with E-state index in [-0.39, 0.29) is 0 Å². The average Bonchev–Trinajstić information content (AvgIpc) is 2.52. The number of nitriles is 1. The molecular weight excluding hydrogens is 250 g/mol. The predicted molar refractivity (Wildman–Crippen MR) is 79.4 cm³/mol. The van der Waals surface area contributed by atoms with Gasteiger partial charge in [-0.25, -0.2) is 0 Å². The van der Waals surface area contributed by atoms with E-state index in [1.165, 1.54) is 0 Å². The zero-order valence-electron chi connectivity index (χ0n) is 11.4. The summed E-state index contributed by atoms with van der Waals surface area (Å²) in [7, 11) is 1.61. The van der Waals surface area contributed by atoms with Crippen LogP contribution in [0.2, 0.25) is 0 Å². The second-order valence-electron chi connectivity index (χ2n) is 4.35. The first kappa shape index (κ1) is 13.9. The first-order chi connectivity index (χ1) is 9.78. The highest BCUT2D eigenvalue weighted by Crippen LogP contribution is 2.23. The molecular formula is C16H17N3O. The highest BCUT2D eigenvalue weighted by Gasteiger charge is 2.05. The summed E-state index contributed by atoms with van der Waals surface area (Å²) in [5.41, 5.74) is 9.30. The van der Waals surface area contributed by atoms with Crippen molar-refractivity contribution in [2.45, 2.75) is 13.1 Å². The molecule has 0 atom stereocenters. The molecule has 0 aliphatic heterocycles. The zero-order valence-corrected chi connectivity index (χ0v) is 11.4. The highest BCUT2D eigenvalue weighted by molar-refractivity contribution is 5.60. The molecule has 0 bridgehead atoms. The van der Waals surface area contributed by atoms with Crippen molar-refractivity contribution in [1.82, 2.24) is 0 Å². The Kier molecular flexibility index (Phi) is 4.59. The van der Waals surface area contributed by atoms with E-state index in [0.717, 1.165) is 22.6 Å². The van der Waals surface area contributed by atoms with Gasteiger partial charge in [0.2, 0.25) is 0 Å². The van der Waals surface area contributed by atoms with Crippen LogP contribution in [0.4, 0.5) is 5.69 Å². The van der Waals surface area contributed by atoms with Gasteiger partial charge < -0.3 is 15.8 Å². The second kappa shape index (κ2) is 6.60. The number of anilines is 1. The standard InChI is InChI=1S/C16H17N3O/c1-20-15-7-6-13(10-18)16(8-15)19-11-14-5-3-2-4-12(14)9-17/h2-8,19H,9,11,17H2,1H3. The Balaban J connectivity index is 2.20. The summed E-state index contributed by atoms with van der Waals surface area (Å²) in [6, 6.07) is 15.5. The minimum atomic E-state index is 0.501. The monoisotopic (exact) mass is 267 g/mol. The second-order valence-corrected chi connectivity index (χ2v) is 4.35. The van der Waals surface area contributed by atoms with Crippen LogP contribution in [0.3, 0.4) is 0 Å². The summed E-state index contributed by atoms with van der Waals surface area (Å²) in [5, 5.41) is 12.4. The molecule has 0 heterocycles. The smallest absolute Gasteiger partial charge is 0.121 e. The fourth-order valence-corrected chi connectivity index (χ4v) is 2.01. The van der Waals surface area contributed by atoms with E-state index in [2.05, 4.69) is 11.4 Å². The van der Waals surface area contributed by atoms with Crippen molar-refractivity contribution >= 4 is 5.69 Å². The Hall–Kier alpha value is -2.51. The van der Waals surface area contributed by atoms with E-state index >= 15 is 0 Å².